The number of carboxylic acid groups (broad SMARTS) is 1. The molecule has 0 saturated carbocycles. The number of carbonyl (C=O) groups is 1. The van der Waals surface area contributed by atoms with E-state index in [2.05, 4.69) is 17.1 Å². The molecular formula is C12H20N2O3. The Morgan fingerprint density at radius 2 is 1.76 bits per heavy atom. The number of nitrogens with zero attached hydrogens (tertiary/aromatic N) is 2. The van der Waals surface area contributed by atoms with Gasteiger partial charge in [0.15, 0.2) is 0 Å². The van der Waals surface area contributed by atoms with Crippen LogP contribution >= 0.6 is 0 Å². The minimum atomic E-state index is -0.788. The molecule has 0 aromatic carbocycles. The largest absolute Gasteiger partial charge is 0.481 e. The number of aryl methyl sites for hydroxylation is 2. The smallest absolute Gasteiger partial charge is 0.303 e. The van der Waals surface area contributed by atoms with Gasteiger partial charge in [0.05, 0.1) is 0 Å². The van der Waals surface area contributed by atoms with Crippen LogP contribution in [0.15, 0.2) is 4.42 Å². The molecule has 0 atom stereocenters. The predicted molar refractivity (Wildman–Crippen MR) is 62.7 cm³/mol. The van der Waals surface area contributed by atoms with E-state index in [4.69, 9.17) is 9.52 Å². The molecule has 0 aliphatic carbocycles. The van der Waals surface area contributed by atoms with Crippen LogP contribution in [-0.4, -0.2) is 21.3 Å². The molecule has 0 bridgehead atoms. The number of rotatable bonds is 9. The van der Waals surface area contributed by atoms with Crippen molar-refractivity contribution in [3.63, 3.8) is 0 Å². The maximum Gasteiger partial charge on any atom is 0.303 e. The SMILES string of the molecule is CCCCCCc1nnc(CCCC(=O)O)o1. The van der Waals surface area contributed by atoms with Crippen LogP contribution in [0, 0.1) is 0 Å². The second-order valence-electron chi connectivity index (χ2n) is 4.15. The summed E-state index contributed by atoms with van der Waals surface area (Å²) in [6.07, 6.45) is 6.78. The lowest BCUT2D eigenvalue weighted by Gasteiger charge is -1.95. The Kier molecular flexibility index (Phi) is 6.29. The quantitative estimate of drug-likeness (QED) is 0.671. The molecule has 1 aromatic rings. The topological polar surface area (TPSA) is 76.2 Å². The van der Waals surface area contributed by atoms with Gasteiger partial charge in [0.2, 0.25) is 11.8 Å². The van der Waals surface area contributed by atoms with Crippen LogP contribution < -0.4 is 0 Å². The third kappa shape index (κ3) is 6.04. The van der Waals surface area contributed by atoms with E-state index >= 15 is 0 Å². The Morgan fingerprint density at radius 3 is 2.35 bits per heavy atom. The summed E-state index contributed by atoms with van der Waals surface area (Å²) < 4.78 is 5.43. The molecule has 0 fully saturated rings. The Bertz CT molecular complexity index is 336. The van der Waals surface area contributed by atoms with Gasteiger partial charge in [-0.25, -0.2) is 0 Å². The van der Waals surface area contributed by atoms with Crippen LogP contribution in [-0.2, 0) is 17.6 Å². The molecule has 1 rings (SSSR count). The van der Waals surface area contributed by atoms with Crippen LogP contribution in [0.2, 0.25) is 0 Å². The van der Waals surface area contributed by atoms with E-state index in [9.17, 15) is 4.79 Å². The Balaban J connectivity index is 2.20. The van der Waals surface area contributed by atoms with Crippen molar-refractivity contribution < 1.29 is 14.3 Å². The van der Waals surface area contributed by atoms with Gasteiger partial charge >= 0.3 is 5.97 Å². The van der Waals surface area contributed by atoms with Gasteiger partial charge in [-0.3, -0.25) is 4.79 Å². The van der Waals surface area contributed by atoms with Crippen molar-refractivity contribution >= 4 is 5.97 Å². The minimum absolute atomic E-state index is 0.147. The van der Waals surface area contributed by atoms with Crippen LogP contribution in [0.3, 0.4) is 0 Å². The Morgan fingerprint density at radius 1 is 1.12 bits per heavy atom. The van der Waals surface area contributed by atoms with Crippen molar-refractivity contribution in [3.8, 4) is 0 Å². The standard InChI is InChI=1S/C12H20N2O3/c1-2-3-4-5-7-10-13-14-11(17-10)8-6-9-12(15)16/h2-9H2,1H3,(H,15,16). The van der Waals surface area contributed by atoms with E-state index < -0.39 is 5.97 Å². The molecule has 1 heterocycles. The first-order chi connectivity index (χ1) is 8.22. The fraction of sp³-hybridized carbons (Fsp3) is 0.750. The maximum absolute atomic E-state index is 10.3. The fourth-order valence-electron chi connectivity index (χ4n) is 1.58. The summed E-state index contributed by atoms with van der Waals surface area (Å²) in [5.74, 6) is 0.437. The zero-order valence-electron chi connectivity index (χ0n) is 10.3. The number of aromatic nitrogens is 2. The molecule has 1 N–H and O–H groups in total. The molecule has 0 amide bonds. The zero-order chi connectivity index (χ0) is 12.5. The number of hydrogen-bond acceptors (Lipinski definition) is 4. The van der Waals surface area contributed by atoms with Crippen LogP contribution in [0.25, 0.3) is 0 Å². The summed E-state index contributed by atoms with van der Waals surface area (Å²) in [7, 11) is 0. The van der Waals surface area contributed by atoms with Gasteiger partial charge in [0.1, 0.15) is 0 Å². The number of unbranched alkanes of at least 4 members (excludes halogenated alkanes) is 3. The second-order valence-corrected chi connectivity index (χ2v) is 4.15. The van der Waals surface area contributed by atoms with Gasteiger partial charge in [-0.15, -0.1) is 10.2 Å². The summed E-state index contributed by atoms with van der Waals surface area (Å²) in [6, 6.07) is 0. The number of aliphatic carboxylic acids is 1. The summed E-state index contributed by atoms with van der Waals surface area (Å²) in [4.78, 5) is 10.3. The average Bonchev–Trinajstić information content (AvgIpc) is 2.72. The monoisotopic (exact) mass is 240 g/mol. The highest BCUT2D eigenvalue weighted by Gasteiger charge is 2.06. The van der Waals surface area contributed by atoms with Gasteiger partial charge < -0.3 is 9.52 Å². The van der Waals surface area contributed by atoms with Gasteiger partial charge in [0, 0.05) is 19.3 Å². The molecule has 0 saturated heterocycles. The van der Waals surface area contributed by atoms with Gasteiger partial charge in [-0.1, -0.05) is 26.2 Å². The molecule has 0 aliphatic heterocycles. The Hall–Kier alpha value is -1.39. The molecule has 1 aromatic heterocycles. The third-order valence-electron chi connectivity index (χ3n) is 2.53. The van der Waals surface area contributed by atoms with E-state index in [1.165, 1.54) is 19.3 Å². The van der Waals surface area contributed by atoms with Gasteiger partial charge in [-0.2, -0.15) is 0 Å². The molecule has 0 aliphatic rings. The highest BCUT2D eigenvalue weighted by Crippen LogP contribution is 2.09. The predicted octanol–water partition coefficient (Wildman–Crippen LogP) is 2.60. The van der Waals surface area contributed by atoms with E-state index in [1.54, 1.807) is 0 Å². The normalized spacial score (nSPS) is 10.6. The lowest BCUT2D eigenvalue weighted by atomic mass is 10.1. The highest BCUT2D eigenvalue weighted by atomic mass is 16.4. The van der Waals surface area contributed by atoms with Crippen LogP contribution in [0.4, 0.5) is 0 Å². The van der Waals surface area contributed by atoms with E-state index in [-0.39, 0.29) is 6.42 Å². The lowest BCUT2D eigenvalue weighted by Crippen LogP contribution is -1.95. The summed E-state index contributed by atoms with van der Waals surface area (Å²) >= 11 is 0. The fourth-order valence-corrected chi connectivity index (χ4v) is 1.58. The molecule has 5 heteroatoms. The maximum atomic E-state index is 10.3. The summed E-state index contributed by atoms with van der Waals surface area (Å²) in [5, 5.41) is 16.3. The molecule has 17 heavy (non-hydrogen) atoms. The van der Waals surface area contributed by atoms with Crippen molar-refractivity contribution in [2.24, 2.45) is 0 Å². The molecular weight excluding hydrogens is 220 g/mol. The molecule has 96 valence electrons. The third-order valence-corrected chi connectivity index (χ3v) is 2.53. The molecule has 5 nitrogen and oxygen atoms in total. The summed E-state index contributed by atoms with van der Waals surface area (Å²) in [6.45, 7) is 2.17. The van der Waals surface area contributed by atoms with E-state index in [1.807, 2.05) is 0 Å². The molecule has 0 spiro atoms. The lowest BCUT2D eigenvalue weighted by molar-refractivity contribution is -0.137. The molecule has 0 radical (unpaired) electrons. The van der Waals surface area contributed by atoms with Gasteiger partial charge in [-0.05, 0) is 12.8 Å². The second kappa shape index (κ2) is 7.81. The number of carboxylic acids is 1. The van der Waals surface area contributed by atoms with E-state index in [0.717, 1.165) is 12.8 Å². The minimum Gasteiger partial charge on any atom is -0.481 e. The first kappa shape index (κ1) is 13.7. The Labute approximate surface area is 101 Å². The van der Waals surface area contributed by atoms with Crippen LogP contribution in [0.1, 0.15) is 57.2 Å². The average molecular weight is 240 g/mol. The van der Waals surface area contributed by atoms with Crippen molar-refractivity contribution in [1.29, 1.82) is 0 Å². The first-order valence-corrected chi connectivity index (χ1v) is 6.25. The van der Waals surface area contributed by atoms with Crippen molar-refractivity contribution in [3.05, 3.63) is 11.8 Å². The van der Waals surface area contributed by atoms with Crippen LogP contribution in [0.5, 0.6) is 0 Å². The van der Waals surface area contributed by atoms with Crippen molar-refractivity contribution in [1.82, 2.24) is 10.2 Å². The first-order valence-electron chi connectivity index (χ1n) is 6.25. The van der Waals surface area contributed by atoms with Crippen molar-refractivity contribution in [2.45, 2.75) is 58.3 Å². The van der Waals surface area contributed by atoms with Crippen molar-refractivity contribution in [2.75, 3.05) is 0 Å². The summed E-state index contributed by atoms with van der Waals surface area (Å²) in [5.41, 5.74) is 0. The molecule has 0 unspecified atom stereocenters. The zero-order valence-corrected chi connectivity index (χ0v) is 10.3. The highest BCUT2D eigenvalue weighted by molar-refractivity contribution is 5.66. The number of hydrogen-bond donors (Lipinski definition) is 1. The van der Waals surface area contributed by atoms with E-state index in [0.29, 0.717) is 24.6 Å². The van der Waals surface area contributed by atoms with Gasteiger partial charge in [0.25, 0.3) is 0 Å².